The molecule has 3 nitrogen and oxygen atoms in total. The van der Waals surface area contributed by atoms with Gasteiger partial charge in [-0.2, -0.15) is 0 Å². The van der Waals surface area contributed by atoms with E-state index in [-0.39, 0.29) is 11.5 Å². The first-order chi connectivity index (χ1) is 8.59. The number of anilines is 1. The summed E-state index contributed by atoms with van der Waals surface area (Å²) >= 11 is 0. The third-order valence-electron chi connectivity index (χ3n) is 2.78. The smallest absolute Gasteiger partial charge is 0.196 e. The van der Waals surface area contributed by atoms with Crippen molar-refractivity contribution in [1.29, 1.82) is 0 Å². The highest BCUT2D eigenvalue weighted by molar-refractivity contribution is 6.10. The van der Waals surface area contributed by atoms with E-state index >= 15 is 0 Å². The van der Waals surface area contributed by atoms with Crippen LogP contribution in [-0.2, 0) is 0 Å². The Hall–Kier alpha value is -2.29. The van der Waals surface area contributed by atoms with E-state index in [1.54, 1.807) is 36.4 Å². The van der Waals surface area contributed by atoms with Crippen LogP contribution in [0.25, 0.3) is 0 Å². The maximum absolute atomic E-state index is 12.2. The maximum Gasteiger partial charge on any atom is 0.196 e. The number of hydrogen-bond donors (Lipinski definition) is 1. The Morgan fingerprint density at radius 1 is 1.06 bits per heavy atom. The minimum Gasteiger partial charge on any atom is -0.507 e. The van der Waals surface area contributed by atoms with E-state index in [9.17, 15) is 9.90 Å². The molecule has 0 aliphatic carbocycles. The molecular formula is C15H15NO2. The fourth-order valence-corrected chi connectivity index (χ4v) is 1.74. The quantitative estimate of drug-likeness (QED) is 0.840. The molecule has 0 aliphatic rings. The fraction of sp³-hybridized carbons (Fsp3) is 0.133. The van der Waals surface area contributed by atoms with Gasteiger partial charge in [0, 0.05) is 31.4 Å². The minimum atomic E-state index is -0.168. The predicted molar refractivity (Wildman–Crippen MR) is 72.3 cm³/mol. The number of benzene rings is 2. The van der Waals surface area contributed by atoms with Crippen LogP contribution in [0.2, 0.25) is 0 Å². The monoisotopic (exact) mass is 241 g/mol. The van der Waals surface area contributed by atoms with E-state index in [0.29, 0.717) is 11.1 Å². The molecule has 0 spiro atoms. The zero-order valence-electron chi connectivity index (χ0n) is 10.4. The number of phenolic OH excluding ortho intramolecular Hbond substituents is 1. The van der Waals surface area contributed by atoms with Gasteiger partial charge in [0.25, 0.3) is 0 Å². The van der Waals surface area contributed by atoms with Gasteiger partial charge in [-0.15, -0.1) is 0 Å². The fourth-order valence-electron chi connectivity index (χ4n) is 1.74. The van der Waals surface area contributed by atoms with Gasteiger partial charge in [0.15, 0.2) is 5.78 Å². The molecule has 0 saturated heterocycles. The molecule has 0 heterocycles. The van der Waals surface area contributed by atoms with Gasteiger partial charge in [-0.3, -0.25) is 4.79 Å². The second-order valence-electron chi connectivity index (χ2n) is 4.29. The molecule has 3 heteroatoms. The average Bonchev–Trinajstić information content (AvgIpc) is 2.38. The van der Waals surface area contributed by atoms with Crippen molar-refractivity contribution < 1.29 is 9.90 Å². The molecule has 0 bridgehead atoms. The highest BCUT2D eigenvalue weighted by Gasteiger charge is 2.13. The molecule has 0 radical (unpaired) electrons. The number of nitrogens with zero attached hydrogens (tertiary/aromatic N) is 1. The lowest BCUT2D eigenvalue weighted by molar-refractivity contribution is 0.103. The Bertz CT molecular complexity index is 562. The van der Waals surface area contributed by atoms with Crippen LogP contribution in [0.4, 0.5) is 5.69 Å². The summed E-state index contributed by atoms with van der Waals surface area (Å²) < 4.78 is 0. The lowest BCUT2D eigenvalue weighted by atomic mass is 10.0. The molecule has 0 saturated carbocycles. The summed E-state index contributed by atoms with van der Waals surface area (Å²) in [4.78, 5) is 14.0. The molecule has 1 N–H and O–H groups in total. The van der Waals surface area contributed by atoms with Crippen LogP contribution >= 0.6 is 0 Å². The van der Waals surface area contributed by atoms with E-state index in [1.165, 1.54) is 0 Å². The van der Waals surface area contributed by atoms with Gasteiger partial charge in [0.05, 0.1) is 5.56 Å². The van der Waals surface area contributed by atoms with E-state index < -0.39 is 0 Å². The van der Waals surface area contributed by atoms with E-state index in [1.807, 2.05) is 31.1 Å². The molecule has 0 aromatic heterocycles. The summed E-state index contributed by atoms with van der Waals surface area (Å²) in [5.74, 6) is -0.159. The third-order valence-corrected chi connectivity index (χ3v) is 2.78. The highest BCUT2D eigenvalue weighted by Crippen LogP contribution is 2.25. The molecule has 0 unspecified atom stereocenters. The van der Waals surface area contributed by atoms with Crippen LogP contribution in [0.15, 0.2) is 48.5 Å². The highest BCUT2D eigenvalue weighted by atomic mass is 16.3. The molecule has 18 heavy (non-hydrogen) atoms. The maximum atomic E-state index is 12.2. The van der Waals surface area contributed by atoms with Crippen LogP contribution in [0, 0.1) is 0 Å². The van der Waals surface area contributed by atoms with Gasteiger partial charge in [-0.1, -0.05) is 30.3 Å². The molecule has 0 fully saturated rings. The first kappa shape index (κ1) is 12.2. The summed E-state index contributed by atoms with van der Waals surface area (Å²) in [6.07, 6.45) is 0. The number of aromatic hydroxyl groups is 1. The number of carbonyl (C=O) groups is 1. The van der Waals surface area contributed by atoms with Crippen molar-refractivity contribution in [3.63, 3.8) is 0 Å². The normalized spacial score (nSPS) is 10.1. The molecule has 2 rings (SSSR count). The number of rotatable bonds is 3. The van der Waals surface area contributed by atoms with Crippen molar-refractivity contribution in [2.45, 2.75) is 0 Å². The second-order valence-corrected chi connectivity index (χ2v) is 4.29. The van der Waals surface area contributed by atoms with Gasteiger partial charge in [-0.25, -0.2) is 0 Å². The summed E-state index contributed by atoms with van der Waals surface area (Å²) in [5, 5.41) is 9.92. The molecule has 2 aromatic rings. The molecule has 0 aliphatic heterocycles. The van der Waals surface area contributed by atoms with Crippen molar-refractivity contribution in [3.05, 3.63) is 59.7 Å². The summed E-state index contributed by atoms with van der Waals surface area (Å²) in [6, 6.07) is 14.0. The third kappa shape index (κ3) is 2.35. The largest absolute Gasteiger partial charge is 0.507 e. The van der Waals surface area contributed by atoms with Crippen molar-refractivity contribution in [2.75, 3.05) is 19.0 Å². The predicted octanol–water partition coefficient (Wildman–Crippen LogP) is 2.69. The summed E-state index contributed by atoms with van der Waals surface area (Å²) in [7, 11) is 3.76. The molecular weight excluding hydrogens is 226 g/mol. The van der Waals surface area contributed by atoms with Crippen LogP contribution in [0.3, 0.4) is 0 Å². The zero-order valence-corrected chi connectivity index (χ0v) is 10.4. The Morgan fingerprint density at radius 2 is 1.72 bits per heavy atom. The summed E-state index contributed by atoms with van der Waals surface area (Å²) in [6.45, 7) is 0. The Morgan fingerprint density at radius 3 is 2.28 bits per heavy atom. The van der Waals surface area contributed by atoms with Crippen molar-refractivity contribution in [3.8, 4) is 5.75 Å². The van der Waals surface area contributed by atoms with Gasteiger partial charge in [-0.05, 0) is 12.1 Å². The number of carbonyl (C=O) groups excluding carboxylic acids is 1. The lowest BCUT2D eigenvalue weighted by Gasteiger charge is -2.13. The number of phenols is 1. The number of hydrogen-bond acceptors (Lipinski definition) is 3. The van der Waals surface area contributed by atoms with Crippen molar-refractivity contribution in [2.24, 2.45) is 0 Å². The Labute approximate surface area is 106 Å². The van der Waals surface area contributed by atoms with Gasteiger partial charge < -0.3 is 10.0 Å². The minimum absolute atomic E-state index is 0.00931. The second kappa shape index (κ2) is 4.92. The van der Waals surface area contributed by atoms with Crippen LogP contribution in [-0.4, -0.2) is 25.0 Å². The molecule has 0 amide bonds. The molecule has 92 valence electrons. The topological polar surface area (TPSA) is 40.5 Å². The van der Waals surface area contributed by atoms with Gasteiger partial charge in [0.1, 0.15) is 5.75 Å². The van der Waals surface area contributed by atoms with Crippen molar-refractivity contribution in [1.82, 2.24) is 0 Å². The van der Waals surface area contributed by atoms with E-state index in [4.69, 9.17) is 0 Å². The molecule has 0 atom stereocenters. The van der Waals surface area contributed by atoms with Gasteiger partial charge >= 0.3 is 0 Å². The Kier molecular flexibility index (Phi) is 3.33. The zero-order chi connectivity index (χ0) is 13.1. The van der Waals surface area contributed by atoms with Gasteiger partial charge in [0.2, 0.25) is 0 Å². The Balaban J connectivity index is 2.38. The van der Waals surface area contributed by atoms with Crippen molar-refractivity contribution >= 4 is 11.5 Å². The number of ketones is 1. The van der Waals surface area contributed by atoms with Crippen LogP contribution in [0.5, 0.6) is 5.75 Å². The van der Waals surface area contributed by atoms with Crippen LogP contribution < -0.4 is 4.90 Å². The SMILES string of the molecule is CN(C)c1ccc(C(=O)c2ccccc2)c(O)c1. The lowest BCUT2D eigenvalue weighted by Crippen LogP contribution is -2.09. The standard InChI is InChI=1S/C15H15NO2/c1-16(2)12-8-9-13(14(17)10-12)15(18)11-6-4-3-5-7-11/h3-10,17H,1-2H3. The van der Waals surface area contributed by atoms with E-state index in [0.717, 1.165) is 5.69 Å². The first-order valence-electron chi connectivity index (χ1n) is 5.69. The van der Waals surface area contributed by atoms with Crippen LogP contribution in [0.1, 0.15) is 15.9 Å². The first-order valence-corrected chi connectivity index (χ1v) is 5.69. The van der Waals surface area contributed by atoms with E-state index in [2.05, 4.69) is 0 Å². The molecule has 2 aromatic carbocycles. The summed E-state index contributed by atoms with van der Waals surface area (Å²) in [5.41, 5.74) is 1.76. The average molecular weight is 241 g/mol.